The first kappa shape index (κ1) is 31.7. The van der Waals surface area contributed by atoms with Crippen LogP contribution in [0.15, 0.2) is 18.3 Å². The Labute approximate surface area is 287 Å². The average molecular weight is 685 g/mol. The van der Waals surface area contributed by atoms with Gasteiger partial charge in [0.15, 0.2) is 11.6 Å². The highest BCUT2D eigenvalue weighted by Crippen LogP contribution is 2.52. The zero-order valence-corrected chi connectivity index (χ0v) is 28.5. The zero-order chi connectivity index (χ0) is 33.7. The van der Waals surface area contributed by atoms with E-state index in [0.717, 1.165) is 69.3 Å². The number of anilines is 2. The van der Waals surface area contributed by atoms with Gasteiger partial charge in [-0.05, 0) is 77.4 Å². The van der Waals surface area contributed by atoms with Gasteiger partial charge in [-0.1, -0.05) is 0 Å². The number of nitriles is 1. The topological polar surface area (TPSA) is 187 Å². The molecule has 0 bridgehead atoms. The van der Waals surface area contributed by atoms with Gasteiger partial charge in [0.25, 0.3) is 0 Å². The highest BCUT2D eigenvalue weighted by atomic mass is 32.1. The molecule has 15 nitrogen and oxygen atoms in total. The number of hydrogen-bond donors (Lipinski definition) is 3. The summed E-state index contributed by atoms with van der Waals surface area (Å²) >= 11 is 1.53. The fourth-order valence-electron chi connectivity index (χ4n) is 8.12. The van der Waals surface area contributed by atoms with Crippen LogP contribution in [-0.4, -0.2) is 90.4 Å². The lowest BCUT2D eigenvalue weighted by atomic mass is 9.66. The number of nitrogens with one attached hydrogen (secondary N) is 2. The molecule has 1 spiro atoms. The molecule has 2 saturated heterocycles. The van der Waals surface area contributed by atoms with E-state index in [2.05, 4.69) is 45.2 Å². The van der Waals surface area contributed by atoms with Crippen LogP contribution in [0.1, 0.15) is 73.7 Å². The molecular weight excluding hydrogens is 645 g/mol. The lowest BCUT2D eigenvalue weighted by Gasteiger charge is -2.40. The summed E-state index contributed by atoms with van der Waals surface area (Å²) in [6, 6.07) is 5.76. The smallest absolute Gasteiger partial charge is 0.320 e. The summed E-state index contributed by atoms with van der Waals surface area (Å²) in [7, 11) is 2.12. The monoisotopic (exact) mass is 684 g/mol. The SMILES string of the molecule is C[C@H](Oc1cc(-n2ccc(NC(=O)N[C@H]3CCOC3)n2)nc(-c2nnc3n2CCCC32CCCc3sc(N)c(C#N)c32)n1)[C@@H]1CCCN1C. The minimum absolute atomic E-state index is 0.0240. The zero-order valence-electron chi connectivity index (χ0n) is 27.7. The number of rotatable bonds is 7. The average Bonchev–Trinajstić information content (AvgIpc) is 3.92. The van der Waals surface area contributed by atoms with Crippen molar-refractivity contribution < 1.29 is 14.3 Å². The second-order valence-electron chi connectivity index (χ2n) is 13.5. The van der Waals surface area contributed by atoms with Gasteiger partial charge in [-0.3, -0.25) is 10.2 Å². The maximum absolute atomic E-state index is 12.6. The number of thiophene rings is 1. The summed E-state index contributed by atoms with van der Waals surface area (Å²) in [6.45, 7) is 4.93. The maximum atomic E-state index is 12.6. The molecule has 8 rings (SSSR count). The van der Waals surface area contributed by atoms with Crippen molar-refractivity contribution in [3.8, 4) is 29.4 Å². The third kappa shape index (κ3) is 5.69. The number of nitrogens with zero attached hydrogens (tertiary/aromatic N) is 9. The number of likely N-dealkylation sites (N-methyl/N-ethyl adjacent to an activating group) is 1. The molecule has 7 heterocycles. The Morgan fingerprint density at radius 3 is 2.90 bits per heavy atom. The van der Waals surface area contributed by atoms with Gasteiger partial charge in [0, 0.05) is 42.4 Å². The summed E-state index contributed by atoms with van der Waals surface area (Å²) in [5.74, 6) is 2.95. The molecule has 1 unspecified atom stereocenters. The number of carbonyl (C=O) groups is 1. The number of likely N-dealkylation sites (tertiary alicyclic amines) is 1. The predicted octanol–water partition coefficient (Wildman–Crippen LogP) is 3.62. The van der Waals surface area contributed by atoms with Crippen molar-refractivity contribution >= 4 is 28.2 Å². The molecule has 4 aliphatic rings. The van der Waals surface area contributed by atoms with Crippen molar-refractivity contribution in [3.05, 3.63) is 40.2 Å². The van der Waals surface area contributed by atoms with Gasteiger partial charge < -0.3 is 25.1 Å². The van der Waals surface area contributed by atoms with Gasteiger partial charge in [0.2, 0.25) is 17.5 Å². The molecule has 3 aliphatic heterocycles. The molecule has 0 radical (unpaired) electrons. The van der Waals surface area contributed by atoms with Crippen LogP contribution >= 0.6 is 11.3 Å². The number of fused-ring (bicyclic) bond motifs is 4. The largest absolute Gasteiger partial charge is 0.473 e. The number of hydrogen-bond acceptors (Lipinski definition) is 12. The summed E-state index contributed by atoms with van der Waals surface area (Å²) in [6.07, 6.45) is 9.08. The normalized spacial score (nSPS) is 23.9. The fraction of sp³-hybridized carbons (Fsp3) is 0.545. The Balaban J connectivity index is 1.16. The molecular formula is C33H40N12O3S. The first-order valence-corrected chi connectivity index (χ1v) is 17.9. The standard InChI is InChI=1S/C33H40N12O3S/c1-19(22-6-4-12-43(22)2)48-26-16-25(45-14-8-24(42-45)37-32(46)36-20-9-15-47-18-20)38-29(39-26)30-40-41-31-33(11-5-13-44(30)31)10-3-7-23-27(33)21(17-34)28(35)49-23/h8,14,16,19-20,22H,3-7,9-13,15,18,35H2,1-2H3,(H2,36,37,42,46)/t19-,20-,22-,33?/m0/s1. The predicted molar refractivity (Wildman–Crippen MR) is 182 cm³/mol. The lowest BCUT2D eigenvalue weighted by molar-refractivity contribution is 0.117. The minimum atomic E-state index is -0.442. The number of ether oxygens (including phenoxy) is 2. The Morgan fingerprint density at radius 2 is 2.10 bits per heavy atom. The molecule has 2 fully saturated rings. The van der Waals surface area contributed by atoms with Gasteiger partial charge in [-0.2, -0.15) is 10.2 Å². The summed E-state index contributed by atoms with van der Waals surface area (Å²) in [5, 5.41) is 30.5. The highest BCUT2D eigenvalue weighted by Gasteiger charge is 2.47. The van der Waals surface area contributed by atoms with E-state index in [4.69, 9.17) is 35.4 Å². The van der Waals surface area contributed by atoms with E-state index in [-0.39, 0.29) is 24.2 Å². The molecule has 4 atom stereocenters. The van der Waals surface area contributed by atoms with E-state index in [1.165, 1.54) is 16.2 Å². The summed E-state index contributed by atoms with van der Waals surface area (Å²) in [4.78, 5) is 25.9. The molecule has 4 aromatic rings. The van der Waals surface area contributed by atoms with Crippen molar-refractivity contribution in [2.45, 2.75) is 88.4 Å². The molecule has 49 heavy (non-hydrogen) atoms. The third-order valence-corrected chi connectivity index (χ3v) is 11.5. The number of carbonyl (C=O) groups excluding carboxylic acids is 1. The minimum Gasteiger partial charge on any atom is -0.473 e. The fourth-order valence-corrected chi connectivity index (χ4v) is 9.28. The van der Waals surface area contributed by atoms with Crippen LogP contribution in [0.5, 0.6) is 5.88 Å². The number of aromatic nitrogens is 7. The lowest BCUT2D eigenvalue weighted by Crippen LogP contribution is -2.39. The van der Waals surface area contributed by atoms with E-state index < -0.39 is 5.41 Å². The van der Waals surface area contributed by atoms with Gasteiger partial charge in [0.1, 0.15) is 23.0 Å². The van der Waals surface area contributed by atoms with Crippen LogP contribution < -0.4 is 21.1 Å². The van der Waals surface area contributed by atoms with E-state index in [1.54, 1.807) is 23.0 Å². The van der Waals surface area contributed by atoms with Crippen LogP contribution in [0.25, 0.3) is 17.5 Å². The number of urea groups is 1. The molecule has 256 valence electrons. The Morgan fingerprint density at radius 1 is 1.22 bits per heavy atom. The molecule has 4 N–H and O–H groups in total. The van der Waals surface area contributed by atoms with Crippen LogP contribution in [-0.2, 0) is 23.1 Å². The van der Waals surface area contributed by atoms with Crippen LogP contribution in [0.3, 0.4) is 0 Å². The second kappa shape index (κ2) is 12.7. The van der Waals surface area contributed by atoms with E-state index in [9.17, 15) is 10.1 Å². The van der Waals surface area contributed by atoms with Crippen molar-refractivity contribution in [1.29, 1.82) is 5.26 Å². The summed E-state index contributed by atoms with van der Waals surface area (Å²) in [5.41, 5.74) is 7.52. The number of nitrogens with two attached hydrogens (primary N) is 1. The van der Waals surface area contributed by atoms with Gasteiger partial charge >= 0.3 is 6.03 Å². The van der Waals surface area contributed by atoms with E-state index in [0.29, 0.717) is 59.5 Å². The van der Waals surface area contributed by atoms with E-state index >= 15 is 0 Å². The van der Waals surface area contributed by atoms with Gasteiger partial charge in [0.05, 0.1) is 23.6 Å². The second-order valence-corrected chi connectivity index (χ2v) is 14.6. The van der Waals surface area contributed by atoms with E-state index in [1.807, 2.05) is 0 Å². The molecule has 2 amide bonds. The van der Waals surface area contributed by atoms with Crippen LogP contribution in [0.4, 0.5) is 15.6 Å². The van der Waals surface area contributed by atoms with Crippen molar-refractivity contribution in [1.82, 2.24) is 44.7 Å². The molecule has 0 saturated carbocycles. The number of nitrogen functional groups attached to an aromatic ring is 1. The molecule has 0 aromatic carbocycles. The number of amides is 2. The van der Waals surface area contributed by atoms with Crippen LogP contribution in [0, 0.1) is 11.3 Å². The molecule has 1 aliphatic carbocycles. The first-order valence-electron chi connectivity index (χ1n) is 17.1. The summed E-state index contributed by atoms with van der Waals surface area (Å²) < 4.78 is 15.6. The van der Waals surface area contributed by atoms with Crippen molar-refractivity contribution in [3.63, 3.8) is 0 Å². The third-order valence-electron chi connectivity index (χ3n) is 10.4. The van der Waals surface area contributed by atoms with Crippen molar-refractivity contribution in [2.24, 2.45) is 0 Å². The highest BCUT2D eigenvalue weighted by molar-refractivity contribution is 7.16. The van der Waals surface area contributed by atoms with Gasteiger partial charge in [-0.25, -0.2) is 14.5 Å². The molecule has 4 aromatic heterocycles. The Bertz CT molecular complexity index is 1920. The Kier molecular flexibility index (Phi) is 8.21. The van der Waals surface area contributed by atoms with Crippen LogP contribution in [0.2, 0.25) is 0 Å². The first-order chi connectivity index (χ1) is 23.8. The Hall–Kier alpha value is -4.59. The molecule has 16 heteroatoms. The van der Waals surface area contributed by atoms with Crippen molar-refractivity contribution in [2.75, 3.05) is 37.9 Å². The van der Waals surface area contributed by atoms with Gasteiger partial charge in [-0.15, -0.1) is 26.6 Å². The maximum Gasteiger partial charge on any atom is 0.320 e. The number of aryl methyl sites for hydroxylation is 1. The quantitative estimate of drug-likeness (QED) is 0.258.